The van der Waals surface area contributed by atoms with Crippen molar-refractivity contribution in [1.29, 1.82) is 0 Å². The number of hydrazone groups is 1. The number of nitrogens with one attached hydrogen (secondary N) is 2. The molecule has 0 aliphatic rings. The number of hydrogen-bond acceptors (Lipinski definition) is 6. The van der Waals surface area contributed by atoms with E-state index in [1.807, 2.05) is 56.3 Å². The first kappa shape index (κ1) is 17.3. The highest BCUT2D eigenvalue weighted by molar-refractivity contribution is 5.80. The molecule has 0 amide bonds. The van der Waals surface area contributed by atoms with Crippen molar-refractivity contribution in [2.75, 3.05) is 5.43 Å². The summed E-state index contributed by atoms with van der Waals surface area (Å²) >= 11 is 0. The maximum Gasteiger partial charge on any atom is 0.279 e. The van der Waals surface area contributed by atoms with Crippen LogP contribution >= 0.6 is 0 Å². The van der Waals surface area contributed by atoms with Gasteiger partial charge in [0.25, 0.3) is 5.56 Å². The zero-order valence-electron chi connectivity index (χ0n) is 14.5. The number of aromatic nitrogens is 3. The third-order valence-corrected chi connectivity index (χ3v) is 3.36. The van der Waals surface area contributed by atoms with Gasteiger partial charge in [-0.3, -0.25) is 9.78 Å². The predicted octanol–water partition coefficient (Wildman–Crippen LogP) is 3.07. The Balaban J connectivity index is 1.69. The minimum Gasteiger partial charge on any atom is -0.491 e. The van der Waals surface area contributed by atoms with Gasteiger partial charge in [0.1, 0.15) is 5.75 Å². The van der Waals surface area contributed by atoms with Crippen LogP contribution in [0.15, 0.2) is 64.5 Å². The Morgan fingerprint density at radius 1 is 1.12 bits per heavy atom. The zero-order valence-corrected chi connectivity index (χ0v) is 14.5. The van der Waals surface area contributed by atoms with Crippen LogP contribution in [0.5, 0.6) is 5.75 Å². The van der Waals surface area contributed by atoms with Gasteiger partial charge in [0.15, 0.2) is 5.69 Å². The summed E-state index contributed by atoms with van der Waals surface area (Å²) in [5.41, 5.74) is 4.16. The molecule has 2 aromatic carbocycles. The highest BCUT2D eigenvalue weighted by atomic mass is 16.5. The van der Waals surface area contributed by atoms with Crippen LogP contribution in [0.4, 0.5) is 5.95 Å². The van der Waals surface area contributed by atoms with E-state index in [1.165, 1.54) is 0 Å². The van der Waals surface area contributed by atoms with Crippen molar-refractivity contribution < 1.29 is 4.74 Å². The summed E-state index contributed by atoms with van der Waals surface area (Å²) in [4.78, 5) is 14.8. The number of H-pyrrole nitrogens is 1. The molecule has 132 valence electrons. The van der Waals surface area contributed by atoms with E-state index in [0.29, 0.717) is 5.56 Å². The Hall–Kier alpha value is -3.48. The molecule has 0 saturated heterocycles. The first-order valence-corrected chi connectivity index (χ1v) is 8.20. The van der Waals surface area contributed by atoms with Crippen LogP contribution < -0.4 is 15.7 Å². The van der Waals surface area contributed by atoms with Crippen LogP contribution in [-0.4, -0.2) is 27.5 Å². The molecular weight excluding hydrogens is 330 g/mol. The van der Waals surface area contributed by atoms with Crippen LogP contribution in [0.25, 0.3) is 11.3 Å². The van der Waals surface area contributed by atoms with Crippen LogP contribution in [0, 0.1) is 0 Å². The van der Waals surface area contributed by atoms with Gasteiger partial charge in [-0.15, -0.1) is 10.2 Å². The van der Waals surface area contributed by atoms with E-state index in [9.17, 15) is 4.79 Å². The van der Waals surface area contributed by atoms with Gasteiger partial charge >= 0.3 is 0 Å². The molecule has 0 aliphatic carbocycles. The lowest BCUT2D eigenvalue weighted by Gasteiger charge is -2.09. The van der Waals surface area contributed by atoms with Crippen molar-refractivity contribution in [2.45, 2.75) is 20.0 Å². The Labute approximate surface area is 150 Å². The first-order chi connectivity index (χ1) is 12.6. The van der Waals surface area contributed by atoms with Crippen molar-refractivity contribution >= 4 is 12.2 Å². The smallest absolute Gasteiger partial charge is 0.279 e. The largest absolute Gasteiger partial charge is 0.491 e. The van der Waals surface area contributed by atoms with Crippen molar-refractivity contribution in [2.24, 2.45) is 5.10 Å². The standard InChI is InChI=1S/C19H19N5O2/c1-13(2)26-16-10-6-7-14(11-16)12-20-23-19-21-18(25)17(22-24-19)15-8-4-3-5-9-15/h3-13H,1-2H3,(H2,21,23,24,25)/b20-12+. The Bertz CT molecular complexity index is 951. The van der Waals surface area contributed by atoms with Gasteiger partial charge < -0.3 is 4.74 Å². The fourth-order valence-corrected chi connectivity index (χ4v) is 2.28. The van der Waals surface area contributed by atoms with E-state index < -0.39 is 0 Å². The molecule has 0 fully saturated rings. The van der Waals surface area contributed by atoms with Crippen LogP contribution in [0.3, 0.4) is 0 Å². The van der Waals surface area contributed by atoms with Crippen molar-refractivity contribution in [3.8, 4) is 17.0 Å². The molecule has 26 heavy (non-hydrogen) atoms. The molecule has 3 rings (SSSR count). The zero-order chi connectivity index (χ0) is 18.4. The summed E-state index contributed by atoms with van der Waals surface area (Å²) in [6.45, 7) is 3.94. The lowest BCUT2D eigenvalue weighted by atomic mass is 10.2. The van der Waals surface area contributed by atoms with Gasteiger partial charge in [-0.25, -0.2) is 5.43 Å². The second-order valence-electron chi connectivity index (χ2n) is 5.83. The van der Waals surface area contributed by atoms with Gasteiger partial charge in [0.05, 0.1) is 12.3 Å². The van der Waals surface area contributed by atoms with Crippen LogP contribution in [0.1, 0.15) is 19.4 Å². The highest BCUT2D eigenvalue weighted by Gasteiger charge is 2.06. The number of rotatable bonds is 6. The SMILES string of the molecule is CC(C)Oc1cccc(/C=N/Nc2nnc(-c3ccccc3)c(=O)[nH]2)c1. The summed E-state index contributed by atoms with van der Waals surface area (Å²) in [7, 11) is 0. The quantitative estimate of drug-likeness (QED) is 0.527. The molecule has 0 unspecified atom stereocenters. The number of nitrogens with zero attached hydrogens (tertiary/aromatic N) is 3. The van der Waals surface area contributed by atoms with Gasteiger partial charge in [0, 0.05) is 5.56 Å². The molecule has 1 aromatic heterocycles. The number of benzene rings is 2. The van der Waals surface area contributed by atoms with E-state index in [2.05, 4.69) is 25.7 Å². The maximum atomic E-state index is 12.2. The topological polar surface area (TPSA) is 92.3 Å². The molecule has 0 saturated carbocycles. The van der Waals surface area contributed by atoms with Gasteiger partial charge in [-0.05, 0) is 31.5 Å². The van der Waals surface area contributed by atoms with Gasteiger partial charge in [-0.1, -0.05) is 42.5 Å². The lowest BCUT2D eigenvalue weighted by Crippen LogP contribution is -2.15. The number of anilines is 1. The van der Waals surface area contributed by atoms with Crippen molar-refractivity contribution in [1.82, 2.24) is 15.2 Å². The van der Waals surface area contributed by atoms with Crippen molar-refractivity contribution in [3.05, 3.63) is 70.5 Å². The number of aromatic amines is 1. The minimum atomic E-state index is -0.337. The van der Waals surface area contributed by atoms with E-state index in [4.69, 9.17) is 4.74 Å². The third-order valence-electron chi connectivity index (χ3n) is 3.36. The average molecular weight is 349 g/mol. The normalized spacial score (nSPS) is 11.0. The Kier molecular flexibility index (Phi) is 5.38. The fraction of sp³-hybridized carbons (Fsp3) is 0.158. The molecule has 3 aromatic rings. The first-order valence-electron chi connectivity index (χ1n) is 8.20. The Morgan fingerprint density at radius 3 is 2.65 bits per heavy atom. The predicted molar refractivity (Wildman–Crippen MR) is 102 cm³/mol. The van der Waals surface area contributed by atoms with Gasteiger partial charge in [0.2, 0.25) is 5.95 Å². The number of ether oxygens (including phenoxy) is 1. The molecule has 7 heteroatoms. The summed E-state index contributed by atoms with van der Waals surface area (Å²) in [6, 6.07) is 16.7. The number of hydrogen-bond donors (Lipinski definition) is 2. The van der Waals surface area contributed by atoms with Gasteiger partial charge in [-0.2, -0.15) is 5.10 Å². The van der Waals surface area contributed by atoms with Crippen LogP contribution in [0.2, 0.25) is 0 Å². The van der Waals surface area contributed by atoms with Crippen LogP contribution in [-0.2, 0) is 0 Å². The summed E-state index contributed by atoms with van der Waals surface area (Å²) < 4.78 is 5.64. The third kappa shape index (κ3) is 4.54. The lowest BCUT2D eigenvalue weighted by molar-refractivity contribution is 0.242. The monoisotopic (exact) mass is 349 g/mol. The second-order valence-corrected chi connectivity index (χ2v) is 5.83. The summed E-state index contributed by atoms with van der Waals surface area (Å²) in [5, 5.41) is 12.0. The van der Waals surface area contributed by atoms with E-state index in [-0.39, 0.29) is 23.3 Å². The molecule has 7 nitrogen and oxygen atoms in total. The molecule has 0 spiro atoms. The van der Waals surface area contributed by atoms with E-state index >= 15 is 0 Å². The molecule has 0 radical (unpaired) electrons. The summed E-state index contributed by atoms with van der Waals surface area (Å²) in [6.07, 6.45) is 1.71. The Morgan fingerprint density at radius 2 is 1.92 bits per heavy atom. The van der Waals surface area contributed by atoms with Crippen molar-refractivity contribution in [3.63, 3.8) is 0 Å². The molecule has 1 heterocycles. The molecule has 2 N–H and O–H groups in total. The molecular formula is C19H19N5O2. The molecule has 0 bridgehead atoms. The second kappa shape index (κ2) is 8.06. The van der Waals surface area contributed by atoms with E-state index in [0.717, 1.165) is 11.3 Å². The minimum absolute atomic E-state index is 0.101. The highest BCUT2D eigenvalue weighted by Crippen LogP contribution is 2.14. The average Bonchev–Trinajstić information content (AvgIpc) is 2.62. The fourth-order valence-electron chi connectivity index (χ4n) is 2.28. The van der Waals surface area contributed by atoms with E-state index in [1.54, 1.807) is 18.3 Å². The maximum absolute atomic E-state index is 12.2. The molecule has 0 aliphatic heterocycles. The molecule has 0 atom stereocenters. The summed E-state index contributed by atoms with van der Waals surface area (Å²) in [5.74, 6) is 0.935.